The molecule has 1 amide bonds. The molecule has 0 spiro atoms. The highest BCUT2D eigenvalue weighted by Crippen LogP contribution is 2.00. The monoisotopic (exact) mass is 159 g/mol. The highest BCUT2D eigenvalue weighted by molar-refractivity contribution is 5.64. The molecule has 0 aromatic carbocycles. The Morgan fingerprint density at radius 1 is 1.27 bits per heavy atom. The summed E-state index contributed by atoms with van der Waals surface area (Å²) in [4.78, 5) is 9.98. The van der Waals surface area contributed by atoms with Gasteiger partial charge in [-0.25, -0.2) is 4.79 Å². The van der Waals surface area contributed by atoms with Crippen molar-refractivity contribution in [1.29, 1.82) is 0 Å². The summed E-state index contributed by atoms with van der Waals surface area (Å²) in [6, 6.07) is 0. The summed E-state index contributed by atoms with van der Waals surface area (Å²) < 4.78 is 0. The number of unbranched alkanes of at least 4 members (excludes halogenated alkanes) is 4. The minimum Gasteiger partial charge on any atom is -0.465 e. The van der Waals surface area contributed by atoms with Crippen molar-refractivity contribution >= 4 is 6.09 Å². The minimum absolute atomic E-state index is 0.596. The summed E-state index contributed by atoms with van der Waals surface area (Å²) >= 11 is 0. The fraction of sp³-hybridized carbons (Fsp3) is 0.875. The van der Waals surface area contributed by atoms with Crippen LogP contribution in [0.1, 0.15) is 39.0 Å². The molecule has 0 aromatic rings. The average Bonchev–Trinajstić information content (AvgIpc) is 1.96. The van der Waals surface area contributed by atoms with Gasteiger partial charge in [0.1, 0.15) is 0 Å². The molecule has 0 atom stereocenters. The first kappa shape index (κ1) is 10.3. The Hall–Kier alpha value is -0.730. The summed E-state index contributed by atoms with van der Waals surface area (Å²) in [5, 5.41) is 10.5. The van der Waals surface area contributed by atoms with Crippen molar-refractivity contribution in [3.63, 3.8) is 0 Å². The fourth-order valence-corrected chi connectivity index (χ4v) is 0.924. The molecule has 3 heteroatoms. The van der Waals surface area contributed by atoms with Crippen molar-refractivity contribution in [3.8, 4) is 0 Å². The molecule has 0 aromatic heterocycles. The summed E-state index contributed by atoms with van der Waals surface area (Å²) in [7, 11) is 0. The Bertz CT molecular complexity index is 104. The van der Waals surface area contributed by atoms with E-state index in [1.54, 1.807) is 0 Å². The molecule has 0 saturated heterocycles. The van der Waals surface area contributed by atoms with E-state index in [0.29, 0.717) is 6.54 Å². The molecule has 0 heterocycles. The van der Waals surface area contributed by atoms with E-state index >= 15 is 0 Å². The van der Waals surface area contributed by atoms with Crippen LogP contribution in [0.5, 0.6) is 0 Å². The first-order chi connectivity index (χ1) is 5.27. The SMILES string of the molecule is CCCCCCCNC(=O)O. The third-order valence-electron chi connectivity index (χ3n) is 1.56. The summed E-state index contributed by atoms with van der Waals surface area (Å²) in [6.45, 7) is 2.76. The van der Waals surface area contributed by atoms with Crippen molar-refractivity contribution in [2.75, 3.05) is 6.54 Å². The van der Waals surface area contributed by atoms with E-state index in [-0.39, 0.29) is 0 Å². The van der Waals surface area contributed by atoms with Gasteiger partial charge in [0, 0.05) is 6.54 Å². The number of hydrogen-bond acceptors (Lipinski definition) is 1. The van der Waals surface area contributed by atoms with Gasteiger partial charge in [0.25, 0.3) is 0 Å². The van der Waals surface area contributed by atoms with Gasteiger partial charge in [-0.05, 0) is 6.42 Å². The van der Waals surface area contributed by atoms with Crippen molar-refractivity contribution in [3.05, 3.63) is 0 Å². The van der Waals surface area contributed by atoms with Gasteiger partial charge in [-0.1, -0.05) is 32.6 Å². The first-order valence-corrected chi connectivity index (χ1v) is 4.24. The van der Waals surface area contributed by atoms with Gasteiger partial charge in [-0.2, -0.15) is 0 Å². The van der Waals surface area contributed by atoms with Crippen molar-refractivity contribution in [1.82, 2.24) is 5.32 Å². The maximum absolute atomic E-state index is 9.98. The maximum atomic E-state index is 9.98. The van der Waals surface area contributed by atoms with Crippen LogP contribution in [-0.4, -0.2) is 17.7 Å². The van der Waals surface area contributed by atoms with Gasteiger partial charge in [0.05, 0.1) is 0 Å². The van der Waals surface area contributed by atoms with E-state index in [9.17, 15) is 4.79 Å². The lowest BCUT2D eigenvalue weighted by atomic mass is 10.1. The molecule has 3 nitrogen and oxygen atoms in total. The molecule has 0 bridgehead atoms. The summed E-state index contributed by atoms with van der Waals surface area (Å²) in [5.74, 6) is 0. The molecule has 0 unspecified atom stereocenters. The Balaban J connectivity index is 2.85. The second kappa shape index (κ2) is 7.38. The Kier molecular flexibility index (Phi) is 6.89. The molecule has 0 aliphatic heterocycles. The average molecular weight is 159 g/mol. The first-order valence-electron chi connectivity index (χ1n) is 4.24. The van der Waals surface area contributed by atoms with E-state index in [2.05, 4.69) is 12.2 Å². The van der Waals surface area contributed by atoms with Crippen LogP contribution in [0, 0.1) is 0 Å². The van der Waals surface area contributed by atoms with Crippen LogP contribution in [0.3, 0.4) is 0 Å². The molecule has 0 aliphatic carbocycles. The van der Waals surface area contributed by atoms with E-state index in [4.69, 9.17) is 5.11 Å². The minimum atomic E-state index is -0.916. The number of carboxylic acid groups (broad SMARTS) is 1. The molecular weight excluding hydrogens is 142 g/mol. The van der Waals surface area contributed by atoms with Gasteiger partial charge in [0.15, 0.2) is 0 Å². The fourth-order valence-electron chi connectivity index (χ4n) is 0.924. The second-order valence-corrected chi connectivity index (χ2v) is 2.65. The van der Waals surface area contributed by atoms with Gasteiger partial charge in [0.2, 0.25) is 0 Å². The zero-order chi connectivity index (χ0) is 8.53. The predicted molar refractivity (Wildman–Crippen MR) is 44.8 cm³/mol. The lowest BCUT2D eigenvalue weighted by Gasteiger charge is -1.99. The molecule has 0 aliphatic rings. The predicted octanol–water partition coefficient (Wildman–Crippen LogP) is 2.22. The van der Waals surface area contributed by atoms with Crippen molar-refractivity contribution in [2.24, 2.45) is 0 Å². The Morgan fingerprint density at radius 2 is 1.91 bits per heavy atom. The number of hydrogen-bond donors (Lipinski definition) is 2. The van der Waals surface area contributed by atoms with Crippen LogP contribution in [0.15, 0.2) is 0 Å². The third-order valence-corrected chi connectivity index (χ3v) is 1.56. The van der Waals surface area contributed by atoms with E-state index in [0.717, 1.165) is 12.8 Å². The normalized spacial score (nSPS) is 9.55. The number of rotatable bonds is 6. The van der Waals surface area contributed by atoms with E-state index < -0.39 is 6.09 Å². The van der Waals surface area contributed by atoms with Gasteiger partial charge < -0.3 is 10.4 Å². The zero-order valence-electron chi connectivity index (χ0n) is 7.10. The van der Waals surface area contributed by atoms with E-state index in [1.165, 1.54) is 19.3 Å². The summed E-state index contributed by atoms with van der Waals surface area (Å²) in [6.07, 6.45) is 4.89. The van der Waals surface area contributed by atoms with Crippen LogP contribution in [0.25, 0.3) is 0 Å². The van der Waals surface area contributed by atoms with Crippen molar-refractivity contribution < 1.29 is 9.90 Å². The molecule has 66 valence electrons. The van der Waals surface area contributed by atoms with Crippen LogP contribution >= 0.6 is 0 Å². The van der Waals surface area contributed by atoms with Gasteiger partial charge >= 0.3 is 6.09 Å². The molecule has 0 saturated carbocycles. The third kappa shape index (κ3) is 9.27. The van der Waals surface area contributed by atoms with E-state index in [1.807, 2.05) is 0 Å². The lowest BCUT2D eigenvalue weighted by Crippen LogP contribution is -2.21. The van der Waals surface area contributed by atoms with Crippen LogP contribution in [0.2, 0.25) is 0 Å². The highest BCUT2D eigenvalue weighted by Gasteiger charge is 1.92. The summed E-state index contributed by atoms with van der Waals surface area (Å²) in [5.41, 5.74) is 0. The van der Waals surface area contributed by atoms with Crippen LogP contribution < -0.4 is 5.32 Å². The molecule has 0 rings (SSSR count). The molecule has 0 radical (unpaired) electrons. The smallest absolute Gasteiger partial charge is 0.404 e. The largest absolute Gasteiger partial charge is 0.465 e. The second-order valence-electron chi connectivity index (χ2n) is 2.65. The lowest BCUT2D eigenvalue weighted by molar-refractivity contribution is 0.194. The number of carbonyl (C=O) groups is 1. The maximum Gasteiger partial charge on any atom is 0.404 e. The van der Waals surface area contributed by atoms with Crippen LogP contribution in [0.4, 0.5) is 4.79 Å². The molecule has 0 fully saturated rings. The van der Waals surface area contributed by atoms with Crippen molar-refractivity contribution in [2.45, 2.75) is 39.0 Å². The van der Waals surface area contributed by atoms with Gasteiger partial charge in [-0.15, -0.1) is 0 Å². The number of nitrogens with one attached hydrogen (secondary N) is 1. The Morgan fingerprint density at radius 3 is 2.45 bits per heavy atom. The standard InChI is InChI=1S/C8H17NO2/c1-2-3-4-5-6-7-9-8(10)11/h9H,2-7H2,1H3,(H,10,11). The number of amides is 1. The topological polar surface area (TPSA) is 49.3 Å². The molecule has 11 heavy (non-hydrogen) atoms. The molecular formula is C8H17NO2. The quantitative estimate of drug-likeness (QED) is 0.584. The van der Waals surface area contributed by atoms with Gasteiger partial charge in [-0.3, -0.25) is 0 Å². The van der Waals surface area contributed by atoms with Crippen LogP contribution in [-0.2, 0) is 0 Å². The molecule has 2 N–H and O–H groups in total. The zero-order valence-corrected chi connectivity index (χ0v) is 7.10. The highest BCUT2D eigenvalue weighted by atomic mass is 16.4. The Labute approximate surface area is 67.8 Å².